The third-order valence-electron chi connectivity index (χ3n) is 2.14. The molecule has 0 aromatic heterocycles. The lowest BCUT2D eigenvalue weighted by molar-refractivity contribution is -0.143. The molecular weight excluding hydrogens is 218 g/mol. The molecule has 0 bridgehead atoms. The lowest BCUT2D eigenvalue weighted by Crippen LogP contribution is -2.44. The van der Waals surface area contributed by atoms with Crippen molar-refractivity contribution >= 4 is 11.9 Å². The third-order valence-corrected chi connectivity index (χ3v) is 2.14. The van der Waals surface area contributed by atoms with E-state index in [-0.39, 0.29) is 0 Å². The summed E-state index contributed by atoms with van der Waals surface area (Å²) >= 11 is 0. The van der Waals surface area contributed by atoms with Crippen LogP contribution in [0.3, 0.4) is 0 Å². The van der Waals surface area contributed by atoms with Crippen molar-refractivity contribution in [2.45, 2.75) is 32.2 Å². The van der Waals surface area contributed by atoms with E-state index in [9.17, 15) is 9.59 Å². The summed E-state index contributed by atoms with van der Waals surface area (Å²) < 4.78 is 0. The summed E-state index contributed by atoms with van der Waals surface area (Å²) in [6.45, 7) is 5.44. The Morgan fingerprint density at radius 1 is 1.18 bits per heavy atom. The average Bonchev–Trinajstić information content (AvgIpc) is 2.15. The molecule has 0 saturated heterocycles. The van der Waals surface area contributed by atoms with E-state index in [1.807, 2.05) is 20.8 Å². The standard InChI is InChI=1S/C13H17NO3/c1-13(2,3)14-11(15)10(12(16)17)9-7-5-4-6-8-9/h4-8,10H,1-3H3,(H,14,15)(H,16,17). The summed E-state index contributed by atoms with van der Waals surface area (Å²) in [5.41, 5.74) is 0.0429. The minimum Gasteiger partial charge on any atom is -0.480 e. The zero-order valence-corrected chi connectivity index (χ0v) is 10.2. The molecule has 4 heteroatoms. The smallest absolute Gasteiger partial charge is 0.320 e. The SMILES string of the molecule is CC(C)(C)NC(=O)C(C(=O)O)c1ccccc1. The molecule has 1 atom stereocenters. The van der Waals surface area contributed by atoms with Crippen LogP contribution in [-0.2, 0) is 9.59 Å². The predicted molar refractivity (Wildman–Crippen MR) is 64.7 cm³/mol. The van der Waals surface area contributed by atoms with Crippen molar-refractivity contribution < 1.29 is 14.7 Å². The monoisotopic (exact) mass is 235 g/mol. The molecule has 0 heterocycles. The van der Waals surface area contributed by atoms with Crippen LogP contribution < -0.4 is 5.32 Å². The number of carboxylic acid groups (broad SMARTS) is 1. The van der Waals surface area contributed by atoms with Crippen LogP contribution in [0.5, 0.6) is 0 Å². The van der Waals surface area contributed by atoms with E-state index in [1.165, 1.54) is 0 Å². The normalized spacial score (nSPS) is 12.9. The van der Waals surface area contributed by atoms with Gasteiger partial charge in [-0.3, -0.25) is 9.59 Å². The maximum absolute atomic E-state index is 11.9. The van der Waals surface area contributed by atoms with Crippen molar-refractivity contribution in [3.8, 4) is 0 Å². The van der Waals surface area contributed by atoms with Crippen molar-refractivity contribution in [1.82, 2.24) is 5.32 Å². The Morgan fingerprint density at radius 2 is 1.71 bits per heavy atom. The van der Waals surface area contributed by atoms with Gasteiger partial charge in [-0.15, -0.1) is 0 Å². The van der Waals surface area contributed by atoms with Gasteiger partial charge in [0.1, 0.15) is 0 Å². The first-order valence-electron chi connectivity index (χ1n) is 5.41. The Hall–Kier alpha value is -1.84. The van der Waals surface area contributed by atoms with Gasteiger partial charge >= 0.3 is 5.97 Å². The van der Waals surface area contributed by atoms with E-state index in [2.05, 4.69) is 5.32 Å². The highest BCUT2D eigenvalue weighted by Crippen LogP contribution is 2.17. The summed E-state index contributed by atoms with van der Waals surface area (Å²) in [7, 11) is 0. The van der Waals surface area contributed by atoms with Crippen LogP contribution in [0.2, 0.25) is 0 Å². The number of aliphatic carboxylic acids is 1. The van der Waals surface area contributed by atoms with Crippen molar-refractivity contribution in [1.29, 1.82) is 0 Å². The van der Waals surface area contributed by atoms with Gasteiger partial charge in [0.05, 0.1) is 0 Å². The van der Waals surface area contributed by atoms with Gasteiger partial charge in [-0.25, -0.2) is 0 Å². The average molecular weight is 235 g/mol. The molecule has 0 radical (unpaired) electrons. The molecule has 1 aromatic carbocycles. The number of carboxylic acids is 1. The quantitative estimate of drug-likeness (QED) is 0.785. The topological polar surface area (TPSA) is 66.4 Å². The number of hydrogen-bond acceptors (Lipinski definition) is 2. The van der Waals surface area contributed by atoms with E-state index in [4.69, 9.17) is 5.11 Å². The Kier molecular flexibility index (Phi) is 3.89. The molecule has 1 amide bonds. The summed E-state index contributed by atoms with van der Waals surface area (Å²) in [6.07, 6.45) is 0. The Labute approximate surface area is 101 Å². The Balaban J connectivity index is 2.96. The van der Waals surface area contributed by atoms with Crippen molar-refractivity contribution in [2.24, 2.45) is 0 Å². The Bertz CT molecular complexity index is 406. The van der Waals surface area contributed by atoms with Gasteiger partial charge < -0.3 is 10.4 Å². The highest BCUT2D eigenvalue weighted by molar-refractivity contribution is 6.02. The molecule has 0 aliphatic carbocycles. The number of rotatable bonds is 3. The number of amides is 1. The number of benzene rings is 1. The van der Waals surface area contributed by atoms with Crippen LogP contribution in [0.15, 0.2) is 30.3 Å². The van der Waals surface area contributed by atoms with E-state index in [1.54, 1.807) is 30.3 Å². The van der Waals surface area contributed by atoms with Crippen LogP contribution in [-0.4, -0.2) is 22.5 Å². The van der Waals surface area contributed by atoms with Gasteiger partial charge in [-0.05, 0) is 26.3 Å². The highest BCUT2D eigenvalue weighted by Gasteiger charge is 2.30. The van der Waals surface area contributed by atoms with E-state index in [0.717, 1.165) is 0 Å². The first kappa shape index (κ1) is 13.2. The van der Waals surface area contributed by atoms with Gasteiger partial charge in [-0.2, -0.15) is 0 Å². The Morgan fingerprint density at radius 3 is 2.12 bits per heavy atom. The van der Waals surface area contributed by atoms with Gasteiger partial charge in [-0.1, -0.05) is 30.3 Å². The molecule has 0 fully saturated rings. The fourth-order valence-corrected chi connectivity index (χ4v) is 1.49. The number of hydrogen-bond donors (Lipinski definition) is 2. The summed E-state index contributed by atoms with van der Waals surface area (Å²) in [5, 5.41) is 11.8. The van der Waals surface area contributed by atoms with Crippen LogP contribution in [0.25, 0.3) is 0 Å². The van der Waals surface area contributed by atoms with Crippen LogP contribution in [0, 0.1) is 0 Å². The zero-order valence-electron chi connectivity index (χ0n) is 10.2. The molecule has 1 rings (SSSR count). The molecule has 1 unspecified atom stereocenters. The molecule has 0 spiro atoms. The zero-order chi connectivity index (χ0) is 13.1. The minimum absolute atomic E-state index is 0.445. The summed E-state index contributed by atoms with van der Waals surface area (Å²) in [5.74, 6) is -2.79. The predicted octanol–water partition coefficient (Wildman–Crippen LogP) is 1.77. The summed E-state index contributed by atoms with van der Waals surface area (Å²) in [4.78, 5) is 23.1. The van der Waals surface area contributed by atoms with E-state index >= 15 is 0 Å². The molecule has 1 aromatic rings. The van der Waals surface area contributed by atoms with Crippen LogP contribution in [0.4, 0.5) is 0 Å². The van der Waals surface area contributed by atoms with Crippen LogP contribution in [0.1, 0.15) is 32.3 Å². The number of carbonyl (C=O) groups is 2. The van der Waals surface area contributed by atoms with Gasteiger partial charge in [0.25, 0.3) is 0 Å². The third kappa shape index (κ3) is 3.90. The molecule has 2 N–H and O–H groups in total. The van der Waals surface area contributed by atoms with E-state index in [0.29, 0.717) is 5.56 Å². The second-order valence-corrected chi connectivity index (χ2v) is 4.92. The molecule has 4 nitrogen and oxygen atoms in total. The van der Waals surface area contributed by atoms with E-state index < -0.39 is 23.3 Å². The first-order chi connectivity index (χ1) is 7.81. The van der Waals surface area contributed by atoms with Crippen LogP contribution >= 0.6 is 0 Å². The lowest BCUT2D eigenvalue weighted by Gasteiger charge is -2.23. The highest BCUT2D eigenvalue weighted by atomic mass is 16.4. The largest absolute Gasteiger partial charge is 0.480 e. The molecular formula is C13H17NO3. The van der Waals surface area contributed by atoms with Gasteiger partial charge in [0.15, 0.2) is 5.92 Å². The lowest BCUT2D eigenvalue weighted by atomic mass is 9.97. The number of carbonyl (C=O) groups excluding carboxylic acids is 1. The minimum atomic E-state index is -1.16. The maximum Gasteiger partial charge on any atom is 0.320 e. The first-order valence-corrected chi connectivity index (χ1v) is 5.41. The van der Waals surface area contributed by atoms with Crippen molar-refractivity contribution in [3.63, 3.8) is 0 Å². The number of nitrogens with one attached hydrogen (secondary N) is 1. The molecule has 0 aliphatic heterocycles. The van der Waals surface area contributed by atoms with Gasteiger partial charge in [0.2, 0.25) is 5.91 Å². The van der Waals surface area contributed by atoms with Crippen molar-refractivity contribution in [3.05, 3.63) is 35.9 Å². The van der Waals surface area contributed by atoms with Crippen molar-refractivity contribution in [2.75, 3.05) is 0 Å². The summed E-state index contributed by atoms with van der Waals surface area (Å²) in [6, 6.07) is 8.50. The van der Waals surface area contributed by atoms with Gasteiger partial charge in [0, 0.05) is 5.54 Å². The molecule has 0 aliphatic rings. The molecule has 0 saturated carbocycles. The molecule has 17 heavy (non-hydrogen) atoms. The second kappa shape index (κ2) is 4.99. The maximum atomic E-state index is 11.9. The molecule has 92 valence electrons. The second-order valence-electron chi connectivity index (χ2n) is 4.92. The fraction of sp³-hybridized carbons (Fsp3) is 0.385. The fourth-order valence-electron chi connectivity index (χ4n) is 1.49.